The summed E-state index contributed by atoms with van der Waals surface area (Å²) in [4.78, 5) is 0. The summed E-state index contributed by atoms with van der Waals surface area (Å²) in [5.41, 5.74) is 24.0. The first-order chi connectivity index (χ1) is 17.3. The van der Waals surface area contributed by atoms with E-state index >= 15 is 0 Å². The van der Waals surface area contributed by atoms with Gasteiger partial charge in [0.15, 0.2) is 12.6 Å². The Morgan fingerprint density at radius 2 is 1.24 bits per heavy atom. The summed E-state index contributed by atoms with van der Waals surface area (Å²) in [6.07, 6.45) is -15.2. The number of hydrogen-bond acceptors (Lipinski definition) is 16. The van der Waals surface area contributed by atoms with Crippen LogP contribution < -0.4 is 22.9 Å². The molecule has 2 aliphatic heterocycles. The van der Waals surface area contributed by atoms with Crippen molar-refractivity contribution in [2.45, 2.75) is 118 Å². The van der Waals surface area contributed by atoms with Gasteiger partial charge in [0, 0.05) is 18.1 Å². The number of ether oxygens (including phenoxy) is 4. The van der Waals surface area contributed by atoms with Crippen molar-refractivity contribution in [1.82, 2.24) is 0 Å². The molecule has 0 spiro atoms. The van der Waals surface area contributed by atoms with E-state index in [9.17, 15) is 30.6 Å². The number of aliphatic hydroxyl groups excluding tert-OH is 6. The molecule has 18 nitrogen and oxygen atoms in total. The van der Waals surface area contributed by atoms with Crippen molar-refractivity contribution in [2.75, 3.05) is 0 Å². The normalized spacial score (nSPS) is 47.6. The van der Waals surface area contributed by atoms with Gasteiger partial charge in [-0.3, -0.25) is 9.11 Å². The number of aliphatic hydroxyl groups is 6. The summed E-state index contributed by atoms with van der Waals surface area (Å²) in [6, 6.07) is -3.41. The average molecular weight is 581 g/mol. The molecule has 38 heavy (non-hydrogen) atoms. The first-order valence-electron chi connectivity index (χ1n) is 11.8. The predicted molar refractivity (Wildman–Crippen MR) is 125 cm³/mol. The van der Waals surface area contributed by atoms with Gasteiger partial charge in [-0.25, -0.2) is 0 Å². The van der Waals surface area contributed by atoms with Crippen LogP contribution in [-0.2, 0) is 29.3 Å². The average Bonchev–Trinajstić information content (AvgIpc) is 3.07. The SMILES string of the molecule is C[C@H](N)[C@H]1O[C@@H](O[C@@H]2[C@@H](O)[C@H](N)C[C@H](N)[C@H]2O[C@H]2O[C@H]([C@@H](C)O)[C@@H](O)[C@H](O)[C@H]2N)[C@H](O)[C@@H]1O.O=S(=O)(O)O. The predicted octanol–water partition coefficient (Wildman–Crippen LogP) is -6.53. The zero-order chi connectivity index (χ0) is 29.3. The monoisotopic (exact) mass is 580 g/mol. The highest BCUT2D eigenvalue weighted by Gasteiger charge is 2.53. The van der Waals surface area contributed by atoms with E-state index in [1.54, 1.807) is 6.92 Å². The first-order valence-corrected chi connectivity index (χ1v) is 13.2. The van der Waals surface area contributed by atoms with Crippen LogP contribution in [0.4, 0.5) is 0 Å². The molecule has 1 aliphatic carbocycles. The molecule has 0 unspecified atom stereocenters. The Morgan fingerprint density at radius 3 is 1.71 bits per heavy atom. The maximum absolute atomic E-state index is 10.7. The molecule has 0 amide bonds. The van der Waals surface area contributed by atoms with E-state index in [-0.39, 0.29) is 6.42 Å². The van der Waals surface area contributed by atoms with Crippen LogP contribution in [0.1, 0.15) is 20.3 Å². The Kier molecular flexibility index (Phi) is 11.7. The molecular weight excluding hydrogens is 540 g/mol. The smallest absolute Gasteiger partial charge is 0.391 e. The van der Waals surface area contributed by atoms with Gasteiger partial charge in [0.05, 0.1) is 18.2 Å². The minimum Gasteiger partial charge on any atom is -0.391 e. The highest BCUT2D eigenvalue weighted by molar-refractivity contribution is 7.79. The summed E-state index contributed by atoms with van der Waals surface area (Å²) in [5, 5.41) is 61.6. The molecule has 0 aromatic heterocycles. The van der Waals surface area contributed by atoms with Crippen LogP contribution >= 0.6 is 0 Å². The van der Waals surface area contributed by atoms with Crippen molar-refractivity contribution < 1.29 is 67.1 Å². The third-order valence-corrected chi connectivity index (χ3v) is 6.58. The lowest BCUT2D eigenvalue weighted by atomic mass is 9.84. The van der Waals surface area contributed by atoms with Crippen LogP contribution in [0, 0.1) is 0 Å². The fraction of sp³-hybridized carbons (Fsp3) is 1.00. The fourth-order valence-electron chi connectivity index (χ4n) is 4.57. The van der Waals surface area contributed by atoms with E-state index in [2.05, 4.69) is 0 Å². The molecule has 2 saturated heterocycles. The van der Waals surface area contributed by atoms with Crippen molar-refractivity contribution >= 4 is 10.4 Å². The third kappa shape index (κ3) is 8.17. The van der Waals surface area contributed by atoms with Gasteiger partial charge in [-0.15, -0.1) is 0 Å². The Labute approximate surface area is 219 Å². The fourth-order valence-corrected chi connectivity index (χ4v) is 4.57. The molecule has 0 aromatic carbocycles. The second-order valence-corrected chi connectivity index (χ2v) is 10.7. The quantitative estimate of drug-likeness (QED) is 0.130. The molecule has 0 bridgehead atoms. The number of nitrogens with two attached hydrogens (primary N) is 4. The Hall–Kier alpha value is -0.690. The van der Waals surface area contributed by atoms with E-state index in [1.807, 2.05) is 0 Å². The van der Waals surface area contributed by atoms with Gasteiger partial charge in [0.1, 0.15) is 48.8 Å². The molecule has 3 rings (SSSR count). The summed E-state index contributed by atoms with van der Waals surface area (Å²) in [5.74, 6) is 0. The second kappa shape index (κ2) is 13.3. The first kappa shape index (κ1) is 33.5. The van der Waals surface area contributed by atoms with Gasteiger partial charge in [0.2, 0.25) is 0 Å². The summed E-state index contributed by atoms with van der Waals surface area (Å²) in [6.45, 7) is 2.96. The molecule has 3 fully saturated rings. The summed E-state index contributed by atoms with van der Waals surface area (Å²) >= 11 is 0. The Morgan fingerprint density at radius 1 is 0.763 bits per heavy atom. The van der Waals surface area contributed by atoms with Gasteiger partial charge < -0.3 is 72.5 Å². The zero-order valence-electron chi connectivity index (χ0n) is 20.7. The largest absolute Gasteiger partial charge is 0.394 e. The molecule has 3 aliphatic rings. The topological polar surface area (TPSA) is 337 Å². The van der Waals surface area contributed by atoms with Crippen LogP contribution in [0.15, 0.2) is 0 Å². The Balaban J connectivity index is 0.000000926. The van der Waals surface area contributed by atoms with Crippen molar-refractivity contribution in [3.8, 4) is 0 Å². The van der Waals surface area contributed by atoms with Crippen LogP contribution in [0.2, 0.25) is 0 Å². The van der Waals surface area contributed by atoms with Crippen molar-refractivity contribution in [3.05, 3.63) is 0 Å². The van der Waals surface area contributed by atoms with E-state index < -0.39 is 108 Å². The molecule has 2 heterocycles. The maximum atomic E-state index is 10.7. The van der Waals surface area contributed by atoms with Crippen LogP contribution in [0.25, 0.3) is 0 Å². The van der Waals surface area contributed by atoms with E-state index in [4.69, 9.17) is 59.4 Å². The molecule has 0 radical (unpaired) electrons. The molecule has 226 valence electrons. The lowest BCUT2D eigenvalue weighted by molar-refractivity contribution is -0.315. The summed E-state index contributed by atoms with van der Waals surface area (Å²) < 4.78 is 54.4. The van der Waals surface area contributed by atoms with Crippen LogP contribution in [-0.4, -0.2) is 146 Å². The standard InChI is InChI=1S/C19H38N4O10.H2O4S/c1-4(20)14-12(28)13(29)19(30-14)33-17-9(25)6(21)3-7(22)16(17)32-18-8(23)10(26)11(27)15(31-18)5(2)24;1-5(2,3)4/h4-19,24-29H,3,20-23H2,1-2H3;(H2,1,2,3,4)/t4-,5+,6+,7-,8+,9-,10+,11-,12-,13+,14+,15+,16+,17+,18+,19-;/m0./s1. The molecule has 19 heteroatoms. The number of hydrogen-bond donors (Lipinski definition) is 12. The Bertz CT molecular complexity index is 847. The van der Waals surface area contributed by atoms with Crippen molar-refractivity contribution in [3.63, 3.8) is 0 Å². The van der Waals surface area contributed by atoms with Gasteiger partial charge in [0.25, 0.3) is 0 Å². The van der Waals surface area contributed by atoms with Crippen LogP contribution in [0.5, 0.6) is 0 Å². The van der Waals surface area contributed by atoms with E-state index in [0.717, 1.165) is 0 Å². The third-order valence-electron chi connectivity index (χ3n) is 6.58. The van der Waals surface area contributed by atoms with E-state index in [1.165, 1.54) is 6.92 Å². The lowest BCUT2D eigenvalue weighted by Gasteiger charge is -2.47. The minimum atomic E-state index is -4.67. The maximum Gasteiger partial charge on any atom is 0.394 e. The highest BCUT2D eigenvalue weighted by Crippen LogP contribution is 2.32. The molecule has 16 N–H and O–H groups in total. The second-order valence-electron chi connectivity index (χ2n) is 9.78. The van der Waals surface area contributed by atoms with Gasteiger partial charge in [-0.2, -0.15) is 8.42 Å². The van der Waals surface area contributed by atoms with Gasteiger partial charge in [-0.05, 0) is 20.3 Å². The van der Waals surface area contributed by atoms with Crippen molar-refractivity contribution in [2.24, 2.45) is 22.9 Å². The minimum absolute atomic E-state index is 0.137. The lowest BCUT2D eigenvalue weighted by Crippen LogP contribution is -2.68. The number of rotatable bonds is 6. The van der Waals surface area contributed by atoms with E-state index in [0.29, 0.717) is 0 Å². The molecule has 1 saturated carbocycles. The molecule has 0 aromatic rings. The highest BCUT2D eigenvalue weighted by atomic mass is 32.3. The van der Waals surface area contributed by atoms with Crippen molar-refractivity contribution in [1.29, 1.82) is 0 Å². The van der Waals surface area contributed by atoms with Gasteiger partial charge >= 0.3 is 10.4 Å². The molecular formula is C19H40N4O14S. The van der Waals surface area contributed by atoms with Gasteiger partial charge in [-0.1, -0.05) is 0 Å². The summed E-state index contributed by atoms with van der Waals surface area (Å²) in [7, 11) is -4.67. The van der Waals surface area contributed by atoms with Crippen LogP contribution in [0.3, 0.4) is 0 Å². The zero-order valence-corrected chi connectivity index (χ0v) is 21.5. The molecule has 16 atom stereocenters.